The molecule has 8 nitrogen and oxygen atoms in total. The lowest BCUT2D eigenvalue weighted by Crippen LogP contribution is -2.43. The maximum atomic E-state index is 10.4. The number of nitrogens with zero attached hydrogens (tertiary/aromatic N) is 1. The molecule has 2 unspecified atom stereocenters. The lowest BCUT2D eigenvalue weighted by molar-refractivity contribution is 0.0645. The SMILES string of the molecule is CC.CC.CC1=C(CO)NNN1CC(O)COc1ccc(C(C)(C)c2ccc(OCC(O)CCl)c(Br)c2)cc1. The fourth-order valence-corrected chi connectivity index (χ4v) is 4.22. The standard InChI is InChI=1S/C25H33BrClN3O5.2C2H6/c1-16-23(13-31)28-29-30(16)12-20(33)15-34-21-7-4-17(5-8-21)25(2,3)18-6-9-24(22(26)10-18)35-14-19(32)11-27;2*1-2/h4-10,19-20,28-29,31-33H,11-15H2,1-3H3;2*1-2H3. The van der Waals surface area contributed by atoms with Crippen LogP contribution in [0.5, 0.6) is 11.5 Å². The van der Waals surface area contributed by atoms with Gasteiger partial charge in [-0.15, -0.1) is 17.1 Å². The Morgan fingerprint density at radius 1 is 0.949 bits per heavy atom. The molecule has 0 bridgehead atoms. The van der Waals surface area contributed by atoms with Gasteiger partial charge in [-0.2, -0.15) is 0 Å². The second-order valence-corrected chi connectivity index (χ2v) is 10.1. The van der Waals surface area contributed by atoms with E-state index in [0.717, 1.165) is 21.3 Å². The zero-order chi connectivity index (χ0) is 29.6. The first-order chi connectivity index (χ1) is 18.6. The van der Waals surface area contributed by atoms with Gasteiger partial charge in [0, 0.05) is 5.41 Å². The molecule has 0 saturated heterocycles. The average Bonchev–Trinajstić information content (AvgIpc) is 3.31. The summed E-state index contributed by atoms with van der Waals surface area (Å²) < 4.78 is 12.2. The van der Waals surface area contributed by atoms with Gasteiger partial charge in [-0.1, -0.05) is 59.7 Å². The molecule has 5 N–H and O–H groups in total. The first-order valence-electron chi connectivity index (χ1n) is 13.3. The van der Waals surface area contributed by atoms with Crippen molar-refractivity contribution in [3.8, 4) is 11.5 Å². The van der Waals surface area contributed by atoms with E-state index < -0.39 is 12.2 Å². The molecule has 1 heterocycles. The fourth-order valence-electron chi connectivity index (χ4n) is 3.64. The number of hydrazine groups is 2. The third-order valence-electron chi connectivity index (χ3n) is 6.02. The second-order valence-electron chi connectivity index (χ2n) is 8.95. The highest BCUT2D eigenvalue weighted by Gasteiger charge is 2.25. The smallest absolute Gasteiger partial charge is 0.133 e. The van der Waals surface area contributed by atoms with Crippen LogP contribution >= 0.6 is 27.5 Å². The van der Waals surface area contributed by atoms with E-state index in [2.05, 4.69) is 40.7 Å². The minimum atomic E-state index is -0.725. The maximum absolute atomic E-state index is 10.4. The highest BCUT2D eigenvalue weighted by molar-refractivity contribution is 9.10. The van der Waals surface area contributed by atoms with Crippen LogP contribution in [0.4, 0.5) is 0 Å². The Morgan fingerprint density at radius 3 is 2.08 bits per heavy atom. The summed E-state index contributed by atoms with van der Waals surface area (Å²) in [6, 6.07) is 13.7. The molecule has 0 aliphatic carbocycles. The van der Waals surface area contributed by atoms with Crippen LogP contribution in [0.15, 0.2) is 58.3 Å². The number of hydrogen-bond acceptors (Lipinski definition) is 8. The van der Waals surface area contributed by atoms with Crippen molar-refractivity contribution in [2.24, 2.45) is 0 Å². The molecule has 2 atom stereocenters. The van der Waals surface area contributed by atoms with E-state index in [1.54, 1.807) is 5.01 Å². The monoisotopic (exact) mass is 629 g/mol. The van der Waals surface area contributed by atoms with E-state index >= 15 is 0 Å². The van der Waals surface area contributed by atoms with E-state index in [1.807, 2.05) is 77.1 Å². The molecule has 2 aromatic rings. The van der Waals surface area contributed by atoms with Gasteiger partial charge in [0.05, 0.1) is 34.9 Å². The van der Waals surface area contributed by atoms with Crippen molar-refractivity contribution >= 4 is 27.5 Å². The van der Waals surface area contributed by atoms with Crippen LogP contribution in [-0.4, -0.2) is 64.8 Å². The van der Waals surface area contributed by atoms with Gasteiger partial charge >= 0.3 is 0 Å². The van der Waals surface area contributed by atoms with Gasteiger partial charge in [0.2, 0.25) is 0 Å². The van der Waals surface area contributed by atoms with Crippen LogP contribution in [0.2, 0.25) is 0 Å². The van der Waals surface area contributed by atoms with Crippen LogP contribution in [-0.2, 0) is 5.41 Å². The van der Waals surface area contributed by atoms with Crippen molar-refractivity contribution in [3.63, 3.8) is 0 Å². The van der Waals surface area contributed by atoms with Crippen molar-refractivity contribution in [2.75, 3.05) is 32.2 Å². The summed E-state index contributed by atoms with van der Waals surface area (Å²) in [5.41, 5.74) is 9.20. The number of aliphatic hydroxyl groups excluding tert-OH is 3. The highest BCUT2D eigenvalue weighted by atomic mass is 79.9. The van der Waals surface area contributed by atoms with Crippen LogP contribution in [0.3, 0.4) is 0 Å². The fraction of sp³-hybridized carbons (Fsp3) is 0.517. The van der Waals surface area contributed by atoms with Crippen LogP contribution in [0.25, 0.3) is 0 Å². The molecule has 10 heteroatoms. The summed E-state index contributed by atoms with van der Waals surface area (Å²) >= 11 is 9.19. The van der Waals surface area contributed by atoms with Gasteiger partial charge in [-0.05, 0) is 58.2 Å². The number of ether oxygens (including phenoxy) is 2. The van der Waals surface area contributed by atoms with E-state index in [-0.39, 0.29) is 31.1 Å². The quantitative estimate of drug-likeness (QED) is 0.207. The van der Waals surface area contributed by atoms with Gasteiger partial charge in [-0.25, -0.2) is 0 Å². The van der Waals surface area contributed by atoms with Crippen LogP contribution in [0.1, 0.15) is 59.6 Å². The Labute approximate surface area is 247 Å². The molecule has 0 amide bonds. The number of rotatable bonds is 12. The normalized spacial score (nSPS) is 14.4. The minimum absolute atomic E-state index is 0.0990. The number of β-amino-alcohol motifs (C(OH)–C–C–N with tert-alkyl or cyclic N) is 1. The molecule has 39 heavy (non-hydrogen) atoms. The summed E-state index contributed by atoms with van der Waals surface area (Å²) in [4.78, 5) is 0. The van der Waals surface area contributed by atoms with Gasteiger partial charge in [0.15, 0.2) is 0 Å². The molecule has 1 aliphatic rings. The highest BCUT2D eigenvalue weighted by Crippen LogP contribution is 2.36. The lowest BCUT2D eigenvalue weighted by Gasteiger charge is -2.27. The number of halogens is 2. The molecule has 220 valence electrons. The van der Waals surface area contributed by atoms with Gasteiger partial charge in [0.1, 0.15) is 36.9 Å². The third kappa shape index (κ3) is 10.2. The van der Waals surface area contributed by atoms with E-state index in [1.165, 1.54) is 0 Å². The zero-order valence-corrected chi connectivity index (χ0v) is 26.4. The second kappa shape index (κ2) is 17.6. The molecule has 0 radical (unpaired) electrons. The Kier molecular flexibility index (Phi) is 15.8. The lowest BCUT2D eigenvalue weighted by atomic mass is 9.78. The average molecular weight is 631 g/mol. The molecule has 0 spiro atoms. The number of alkyl halides is 1. The first-order valence-corrected chi connectivity index (χ1v) is 14.7. The summed E-state index contributed by atoms with van der Waals surface area (Å²) in [7, 11) is 0. The van der Waals surface area contributed by atoms with Gasteiger partial charge in [-0.3, -0.25) is 5.01 Å². The van der Waals surface area contributed by atoms with Gasteiger partial charge < -0.3 is 30.2 Å². The molecule has 1 aliphatic heterocycles. The molecule has 3 rings (SSSR count). The summed E-state index contributed by atoms with van der Waals surface area (Å²) in [6.07, 6.45) is -1.44. The van der Waals surface area contributed by atoms with E-state index in [9.17, 15) is 15.3 Å². The topological polar surface area (TPSA) is 106 Å². The largest absolute Gasteiger partial charge is 0.491 e. The molecule has 0 saturated carbocycles. The first kappa shape index (κ1) is 35.0. The third-order valence-corrected chi connectivity index (χ3v) is 6.99. The van der Waals surface area contributed by atoms with E-state index in [4.69, 9.17) is 21.1 Å². The zero-order valence-electron chi connectivity index (χ0n) is 24.1. The Balaban J connectivity index is 0.00000181. The molecule has 2 aromatic carbocycles. The molecule has 0 aromatic heterocycles. The summed E-state index contributed by atoms with van der Waals surface area (Å²) in [6.45, 7) is 14.6. The van der Waals surface area contributed by atoms with Crippen molar-refractivity contribution in [2.45, 2.75) is 66.1 Å². The molecule has 0 fully saturated rings. The summed E-state index contributed by atoms with van der Waals surface area (Å²) in [5.74, 6) is 1.44. The van der Waals surface area contributed by atoms with Crippen LogP contribution < -0.4 is 20.4 Å². The Hall–Kier alpha value is -2.01. The van der Waals surface area contributed by atoms with Gasteiger partial charge in [0.25, 0.3) is 0 Å². The van der Waals surface area contributed by atoms with Crippen molar-refractivity contribution < 1.29 is 24.8 Å². The Morgan fingerprint density at radius 2 is 1.54 bits per heavy atom. The molecular formula is C29H45BrClN3O5. The van der Waals surface area contributed by atoms with E-state index in [0.29, 0.717) is 23.7 Å². The summed E-state index contributed by atoms with van der Waals surface area (Å²) in [5, 5.41) is 31.0. The minimum Gasteiger partial charge on any atom is -0.491 e. The van der Waals surface area contributed by atoms with Crippen LogP contribution in [0, 0.1) is 0 Å². The number of benzene rings is 2. The number of nitrogens with one attached hydrogen (secondary N) is 2. The van der Waals surface area contributed by atoms with Crippen molar-refractivity contribution in [3.05, 3.63) is 69.5 Å². The maximum Gasteiger partial charge on any atom is 0.133 e. The number of aliphatic hydroxyl groups is 3. The predicted octanol–water partition coefficient (Wildman–Crippen LogP) is 5.09. The number of hydrogen-bond donors (Lipinski definition) is 5. The Bertz CT molecular complexity index is 1020. The molecular weight excluding hydrogens is 586 g/mol. The van der Waals surface area contributed by atoms with Crippen molar-refractivity contribution in [1.82, 2.24) is 16.0 Å². The van der Waals surface area contributed by atoms with Crippen molar-refractivity contribution in [1.29, 1.82) is 0 Å². The predicted molar refractivity (Wildman–Crippen MR) is 162 cm³/mol. The number of allylic oxidation sites excluding steroid dienone is 1.